The third kappa shape index (κ3) is 4.44. The van der Waals surface area contributed by atoms with Crippen LogP contribution in [0.5, 0.6) is 5.75 Å². The Kier molecular flexibility index (Phi) is 5.86. The molecule has 0 aliphatic rings. The number of halogens is 2. The summed E-state index contributed by atoms with van der Waals surface area (Å²) in [5.41, 5.74) is 0.256. The third-order valence-corrected chi connectivity index (χ3v) is 4.03. The third-order valence-electron chi connectivity index (χ3n) is 3.81. The minimum Gasteiger partial charge on any atom is -0.497 e. The molecule has 142 valence electrons. The van der Waals surface area contributed by atoms with E-state index in [2.05, 4.69) is 15.6 Å². The van der Waals surface area contributed by atoms with Crippen LogP contribution in [0.4, 0.5) is 15.9 Å². The highest BCUT2D eigenvalue weighted by Gasteiger charge is 2.17. The molecule has 0 bridgehead atoms. The molecule has 2 amide bonds. The first-order chi connectivity index (χ1) is 13.5. The van der Waals surface area contributed by atoms with E-state index in [-0.39, 0.29) is 16.8 Å². The van der Waals surface area contributed by atoms with Gasteiger partial charge in [0.05, 0.1) is 28.9 Å². The van der Waals surface area contributed by atoms with Gasteiger partial charge in [-0.25, -0.2) is 9.37 Å². The van der Waals surface area contributed by atoms with Crippen molar-refractivity contribution < 1.29 is 18.7 Å². The number of benzene rings is 2. The number of methoxy groups -OCH3 is 1. The number of pyridine rings is 1. The largest absolute Gasteiger partial charge is 0.497 e. The maximum atomic E-state index is 14.1. The Bertz CT molecular complexity index is 1030. The molecule has 6 nitrogen and oxygen atoms in total. The van der Waals surface area contributed by atoms with Gasteiger partial charge in [0, 0.05) is 12.3 Å². The lowest BCUT2D eigenvalue weighted by Gasteiger charge is -2.12. The molecular formula is C20H15ClFN3O3. The van der Waals surface area contributed by atoms with E-state index in [0.29, 0.717) is 16.6 Å². The van der Waals surface area contributed by atoms with Crippen molar-refractivity contribution in [3.63, 3.8) is 0 Å². The number of hydrogen-bond donors (Lipinski definition) is 2. The number of nitrogens with one attached hydrogen (secondary N) is 2. The summed E-state index contributed by atoms with van der Waals surface area (Å²) in [5.74, 6) is -1.31. The summed E-state index contributed by atoms with van der Waals surface area (Å²) < 4.78 is 19.1. The first-order valence-corrected chi connectivity index (χ1v) is 8.52. The van der Waals surface area contributed by atoms with Gasteiger partial charge in [0.1, 0.15) is 17.4 Å². The van der Waals surface area contributed by atoms with E-state index in [1.807, 2.05) is 0 Å². The molecule has 0 saturated carbocycles. The highest BCUT2D eigenvalue weighted by atomic mass is 35.5. The Morgan fingerprint density at radius 3 is 2.43 bits per heavy atom. The number of nitrogens with zero attached hydrogens (tertiary/aromatic N) is 1. The molecule has 2 aromatic carbocycles. The monoisotopic (exact) mass is 399 g/mol. The molecule has 1 heterocycles. The first-order valence-electron chi connectivity index (χ1n) is 8.15. The Balaban J connectivity index is 1.81. The second kappa shape index (κ2) is 8.49. The Morgan fingerprint density at radius 1 is 1.00 bits per heavy atom. The van der Waals surface area contributed by atoms with Crippen molar-refractivity contribution in [1.82, 2.24) is 4.98 Å². The van der Waals surface area contributed by atoms with Crippen molar-refractivity contribution in [3.8, 4) is 5.75 Å². The van der Waals surface area contributed by atoms with Crippen LogP contribution in [0.15, 0.2) is 60.8 Å². The van der Waals surface area contributed by atoms with Gasteiger partial charge >= 0.3 is 0 Å². The fourth-order valence-electron chi connectivity index (χ4n) is 2.42. The lowest BCUT2D eigenvalue weighted by Crippen LogP contribution is -2.19. The number of ether oxygens (including phenoxy) is 1. The van der Waals surface area contributed by atoms with E-state index in [4.69, 9.17) is 16.3 Å². The van der Waals surface area contributed by atoms with Gasteiger partial charge in [0.15, 0.2) is 0 Å². The van der Waals surface area contributed by atoms with Crippen molar-refractivity contribution in [2.45, 2.75) is 0 Å². The number of carbonyl (C=O) groups is 2. The lowest BCUT2D eigenvalue weighted by atomic mass is 10.1. The van der Waals surface area contributed by atoms with Gasteiger partial charge in [0.2, 0.25) is 0 Å². The zero-order chi connectivity index (χ0) is 20.1. The van der Waals surface area contributed by atoms with Crippen LogP contribution >= 0.6 is 11.6 Å². The highest BCUT2D eigenvalue weighted by molar-refractivity contribution is 6.30. The van der Waals surface area contributed by atoms with E-state index in [1.54, 1.807) is 30.3 Å². The molecule has 0 fully saturated rings. The first kappa shape index (κ1) is 19.3. The van der Waals surface area contributed by atoms with Crippen LogP contribution in [0.25, 0.3) is 0 Å². The van der Waals surface area contributed by atoms with Crippen molar-refractivity contribution in [2.75, 3.05) is 17.7 Å². The number of aromatic nitrogens is 1. The lowest BCUT2D eigenvalue weighted by molar-refractivity contribution is 0.102. The maximum absolute atomic E-state index is 14.1. The van der Waals surface area contributed by atoms with Crippen LogP contribution in [-0.2, 0) is 0 Å². The standard InChI is InChI=1S/C20H15ClFN3O3/c1-28-13-7-8-14(16(22)10-13)19(26)24-17-5-3-2-4-15(17)20(27)25-18-9-6-12(21)11-23-18/h2-11H,1H3,(H,24,26)(H,23,25,27). The summed E-state index contributed by atoms with van der Waals surface area (Å²) >= 11 is 5.78. The number of carbonyl (C=O) groups excluding carboxylic acids is 2. The van der Waals surface area contributed by atoms with E-state index in [0.717, 1.165) is 6.07 Å². The molecule has 0 aliphatic carbocycles. The summed E-state index contributed by atoms with van der Waals surface area (Å²) in [6.45, 7) is 0. The highest BCUT2D eigenvalue weighted by Crippen LogP contribution is 2.21. The summed E-state index contributed by atoms with van der Waals surface area (Å²) in [7, 11) is 1.40. The molecule has 0 saturated heterocycles. The topological polar surface area (TPSA) is 80.3 Å². The summed E-state index contributed by atoms with van der Waals surface area (Å²) in [5, 5.41) is 5.61. The fourth-order valence-corrected chi connectivity index (χ4v) is 2.53. The Hall–Kier alpha value is -3.45. The summed E-state index contributed by atoms with van der Waals surface area (Å²) in [6, 6.07) is 13.4. The Morgan fingerprint density at radius 2 is 1.75 bits per heavy atom. The molecule has 1 aromatic heterocycles. The number of hydrogen-bond acceptors (Lipinski definition) is 4. The molecule has 3 rings (SSSR count). The molecule has 0 unspecified atom stereocenters. The molecule has 0 spiro atoms. The van der Waals surface area contributed by atoms with Gasteiger partial charge < -0.3 is 15.4 Å². The minimum absolute atomic E-state index is 0.171. The van der Waals surface area contributed by atoms with Crippen LogP contribution in [-0.4, -0.2) is 23.9 Å². The summed E-state index contributed by atoms with van der Waals surface area (Å²) in [4.78, 5) is 29.0. The number of para-hydroxylation sites is 1. The van der Waals surface area contributed by atoms with E-state index in [9.17, 15) is 14.0 Å². The quantitative estimate of drug-likeness (QED) is 0.667. The Labute approximate surface area is 165 Å². The summed E-state index contributed by atoms with van der Waals surface area (Å²) in [6.07, 6.45) is 1.40. The van der Waals surface area contributed by atoms with E-state index >= 15 is 0 Å². The van der Waals surface area contributed by atoms with Gasteiger partial charge in [-0.05, 0) is 36.4 Å². The van der Waals surface area contributed by atoms with Crippen molar-refractivity contribution in [3.05, 3.63) is 82.8 Å². The van der Waals surface area contributed by atoms with Crippen LogP contribution in [0, 0.1) is 5.82 Å². The van der Waals surface area contributed by atoms with Crippen LogP contribution in [0.3, 0.4) is 0 Å². The van der Waals surface area contributed by atoms with Crippen LogP contribution in [0.2, 0.25) is 5.02 Å². The number of amides is 2. The van der Waals surface area contributed by atoms with Crippen molar-refractivity contribution in [1.29, 1.82) is 0 Å². The molecule has 28 heavy (non-hydrogen) atoms. The van der Waals surface area contributed by atoms with Crippen LogP contribution in [0.1, 0.15) is 20.7 Å². The van der Waals surface area contributed by atoms with E-state index < -0.39 is 17.6 Å². The molecular weight excluding hydrogens is 385 g/mol. The van der Waals surface area contributed by atoms with E-state index in [1.165, 1.54) is 31.5 Å². The predicted molar refractivity (Wildman–Crippen MR) is 105 cm³/mol. The zero-order valence-electron chi connectivity index (χ0n) is 14.7. The minimum atomic E-state index is -0.732. The van der Waals surface area contributed by atoms with Gasteiger partial charge in [-0.15, -0.1) is 0 Å². The second-order valence-corrected chi connectivity index (χ2v) is 6.10. The molecule has 0 radical (unpaired) electrons. The van der Waals surface area contributed by atoms with Crippen molar-refractivity contribution in [2.24, 2.45) is 0 Å². The van der Waals surface area contributed by atoms with Gasteiger partial charge in [-0.3, -0.25) is 9.59 Å². The molecule has 3 aromatic rings. The van der Waals surface area contributed by atoms with Gasteiger partial charge in [0.25, 0.3) is 11.8 Å². The normalized spacial score (nSPS) is 10.2. The van der Waals surface area contributed by atoms with Gasteiger partial charge in [-0.1, -0.05) is 23.7 Å². The average molecular weight is 400 g/mol. The van der Waals surface area contributed by atoms with Crippen LogP contribution < -0.4 is 15.4 Å². The average Bonchev–Trinajstić information content (AvgIpc) is 2.69. The zero-order valence-corrected chi connectivity index (χ0v) is 15.5. The molecule has 8 heteroatoms. The predicted octanol–water partition coefficient (Wildman–Crippen LogP) is 4.39. The maximum Gasteiger partial charge on any atom is 0.258 e. The molecule has 2 N–H and O–H groups in total. The fraction of sp³-hybridized carbons (Fsp3) is 0.0500. The molecule has 0 atom stereocenters. The smallest absolute Gasteiger partial charge is 0.258 e. The molecule has 0 aliphatic heterocycles. The number of anilines is 2. The SMILES string of the molecule is COc1ccc(C(=O)Nc2ccccc2C(=O)Nc2ccc(Cl)cn2)c(F)c1. The van der Waals surface area contributed by atoms with Crippen molar-refractivity contribution >= 4 is 34.9 Å². The van der Waals surface area contributed by atoms with Gasteiger partial charge in [-0.2, -0.15) is 0 Å². The second-order valence-electron chi connectivity index (χ2n) is 5.66. The number of rotatable bonds is 5.